The quantitative estimate of drug-likeness (QED) is 0.790. The molecule has 0 aliphatic rings. The number of aliphatic hydroxyl groups is 1. The summed E-state index contributed by atoms with van der Waals surface area (Å²) < 4.78 is 0. The highest BCUT2D eigenvalue weighted by atomic mass is 16.3. The van der Waals surface area contributed by atoms with Crippen molar-refractivity contribution in [1.29, 1.82) is 0 Å². The van der Waals surface area contributed by atoms with Gasteiger partial charge in [0, 0.05) is 17.1 Å². The Morgan fingerprint density at radius 3 is 2.93 bits per heavy atom. The van der Waals surface area contributed by atoms with Gasteiger partial charge in [-0.1, -0.05) is 12.1 Å². The molecule has 0 fully saturated rings. The summed E-state index contributed by atoms with van der Waals surface area (Å²) in [6.45, 7) is 3.93. The van der Waals surface area contributed by atoms with Crippen molar-refractivity contribution < 1.29 is 5.11 Å². The molecule has 2 aromatic rings. The smallest absolute Gasteiger partial charge is 0.0515 e. The molecule has 15 heavy (non-hydrogen) atoms. The molecule has 0 bridgehead atoms. The van der Waals surface area contributed by atoms with Crippen LogP contribution in [-0.4, -0.2) is 16.2 Å². The molecular weight excluding hydrogens is 186 g/mol. The summed E-state index contributed by atoms with van der Waals surface area (Å²) in [5, 5.41) is 10.5. The van der Waals surface area contributed by atoms with E-state index < -0.39 is 0 Å². The molecule has 2 heteroatoms. The lowest BCUT2D eigenvalue weighted by molar-refractivity contribution is 0.185. The van der Waals surface area contributed by atoms with Gasteiger partial charge < -0.3 is 10.1 Å². The van der Waals surface area contributed by atoms with Gasteiger partial charge in [0.15, 0.2) is 0 Å². The Hall–Kier alpha value is -1.28. The molecule has 0 saturated heterocycles. The van der Waals surface area contributed by atoms with Gasteiger partial charge in [0.25, 0.3) is 0 Å². The number of fused-ring (bicyclic) bond motifs is 1. The standard InChI is InChI=1S/C13H17NO/c1-9-3-6-12-11(5-4-10(2)15)8-14-13(12)7-9/h3,6-8,10,14-15H,4-5H2,1-2H3/t10-/m0/s1. The minimum absolute atomic E-state index is 0.222. The number of H-pyrrole nitrogens is 1. The van der Waals surface area contributed by atoms with Crippen LogP contribution in [0.4, 0.5) is 0 Å². The first-order valence-corrected chi connectivity index (χ1v) is 5.41. The molecule has 80 valence electrons. The van der Waals surface area contributed by atoms with E-state index in [0.717, 1.165) is 12.8 Å². The Labute approximate surface area is 89.9 Å². The molecule has 0 amide bonds. The van der Waals surface area contributed by atoms with Crippen LogP contribution in [0.15, 0.2) is 24.4 Å². The van der Waals surface area contributed by atoms with E-state index >= 15 is 0 Å². The van der Waals surface area contributed by atoms with Crippen LogP contribution in [0.3, 0.4) is 0 Å². The maximum Gasteiger partial charge on any atom is 0.0515 e. The lowest BCUT2D eigenvalue weighted by Crippen LogP contribution is -2.00. The molecule has 1 aromatic heterocycles. The van der Waals surface area contributed by atoms with Gasteiger partial charge in [0.05, 0.1) is 6.10 Å². The zero-order valence-corrected chi connectivity index (χ0v) is 9.25. The van der Waals surface area contributed by atoms with Gasteiger partial charge in [-0.2, -0.15) is 0 Å². The van der Waals surface area contributed by atoms with E-state index in [1.165, 1.54) is 22.0 Å². The van der Waals surface area contributed by atoms with Gasteiger partial charge >= 0.3 is 0 Å². The van der Waals surface area contributed by atoms with Crippen molar-refractivity contribution in [2.24, 2.45) is 0 Å². The minimum Gasteiger partial charge on any atom is -0.393 e. The van der Waals surface area contributed by atoms with Gasteiger partial charge in [-0.3, -0.25) is 0 Å². The second-order valence-electron chi connectivity index (χ2n) is 4.25. The second kappa shape index (κ2) is 4.07. The molecule has 2 N–H and O–H groups in total. The van der Waals surface area contributed by atoms with Gasteiger partial charge in [-0.15, -0.1) is 0 Å². The third kappa shape index (κ3) is 2.21. The molecule has 0 spiro atoms. The largest absolute Gasteiger partial charge is 0.393 e. The van der Waals surface area contributed by atoms with Crippen LogP contribution in [0, 0.1) is 6.92 Å². The number of aromatic amines is 1. The van der Waals surface area contributed by atoms with E-state index in [1.54, 1.807) is 0 Å². The zero-order valence-electron chi connectivity index (χ0n) is 9.25. The van der Waals surface area contributed by atoms with Crippen molar-refractivity contribution in [2.75, 3.05) is 0 Å². The summed E-state index contributed by atoms with van der Waals surface area (Å²) in [5.41, 5.74) is 3.76. The monoisotopic (exact) mass is 203 g/mol. The van der Waals surface area contributed by atoms with Gasteiger partial charge in [-0.05, 0) is 43.9 Å². The molecule has 1 heterocycles. The Morgan fingerprint density at radius 1 is 1.40 bits per heavy atom. The predicted octanol–water partition coefficient (Wildman–Crippen LogP) is 2.79. The third-order valence-corrected chi connectivity index (χ3v) is 2.75. The highest BCUT2D eigenvalue weighted by molar-refractivity contribution is 5.83. The van der Waals surface area contributed by atoms with Crippen molar-refractivity contribution in [3.63, 3.8) is 0 Å². The van der Waals surface area contributed by atoms with E-state index in [9.17, 15) is 5.11 Å². The molecule has 2 rings (SSSR count). The van der Waals surface area contributed by atoms with Crippen LogP contribution in [0.25, 0.3) is 10.9 Å². The highest BCUT2D eigenvalue weighted by Gasteiger charge is 2.04. The van der Waals surface area contributed by atoms with Gasteiger partial charge in [-0.25, -0.2) is 0 Å². The zero-order chi connectivity index (χ0) is 10.8. The predicted molar refractivity (Wildman–Crippen MR) is 63.0 cm³/mol. The number of aromatic nitrogens is 1. The molecule has 1 atom stereocenters. The topological polar surface area (TPSA) is 36.0 Å². The van der Waals surface area contributed by atoms with E-state index in [4.69, 9.17) is 0 Å². The Morgan fingerprint density at radius 2 is 2.20 bits per heavy atom. The Kier molecular flexibility index (Phi) is 2.78. The van der Waals surface area contributed by atoms with Crippen LogP contribution >= 0.6 is 0 Å². The molecule has 0 unspecified atom stereocenters. The average molecular weight is 203 g/mol. The van der Waals surface area contributed by atoms with Gasteiger partial charge in [0.2, 0.25) is 0 Å². The molecule has 2 nitrogen and oxygen atoms in total. The number of hydrogen-bond acceptors (Lipinski definition) is 1. The molecule has 0 radical (unpaired) electrons. The average Bonchev–Trinajstić information content (AvgIpc) is 2.57. The van der Waals surface area contributed by atoms with Crippen molar-refractivity contribution >= 4 is 10.9 Å². The van der Waals surface area contributed by atoms with Crippen molar-refractivity contribution in [3.05, 3.63) is 35.5 Å². The van der Waals surface area contributed by atoms with E-state index in [1.807, 2.05) is 13.1 Å². The number of rotatable bonds is 3. The van der Waals surface area contributed by atoms with Crippen molar-refractivity contribution in [1.82, 2.24) is 4.98 Å². The summed E-state index contributed by atoms with van der Waals surface area (Å²) in [5.74, 6) is 0. The molecule has 0 aliphatic carbocycles. The van der Waals surface area contributed by atoms with E-state index in [2.05, 4.69) is 30.1 Å². The fourth-order valence-electron chi connectivity index (χ4n) is 1.87. The molecule has 1 aromatic carbocycles. The van der Waals surface area contributed by atoms with Gasteiger partial charge in [0.1, 0.15) is 0 Å². The lowest BCUT2D eigenvalue weighted by Gasteiger charge is -2.02. The molecule has 0 aliphatic heterocycles. The summed E-state index contributed by atoms with van der Waals surface area (Å²) in [7, 11) is 0. The maximum atomic E-state index is 9.26. The first-order valence-electron chi connectivity index (χ1n) is 5.41. The van der Waals surface area contributed by atoms with E-state index in [0.29, 0.717) is 0 Å². The number of nitrogens with one attached hydrogen (secondary N) is 1. The minimum atomic E-state index is -0.222. The second-order valence-corrected chi connectivity index (χ2v) is 4.25. The number of hydrogen-bond donors (Lipinski definition) is 2. The van der Waals surface area contributed by atoms with Crippen LogP contribution in [0.5, 0.6) is 0 Å². The first kappa shape index (κ1) is 10.2. The fourth-order valence-corrected chi connectivity index (χ4v) is 1.87. The van der Waals surface area contributed by atoms with Crippen LogP contribution < -0.4 is 0 Å². The normalized spacial score (nSPS) is 13.3. The number of aliphatic hydroxyl groups excluding tert-OH is 1. The van der Waals surface area contributed by atoms with Crippen LogP contribution in [0.1, 0.15) is 24.5 Å². The van der Waals surface area contributed by atoms with Crippen molar-refractivity contribution in [2.45, 2.75) is 32.8 Å². The number of benzene rings is 1. The number of aryl methyl sites for hydroxylation is 2. The van der Waals surface area contributed by atoms with Crippen molar-refractivity contribution in [3.8, 4) is 0 Å². The van der Waals surface area contributed by atoms with Crippen LogP contribution in [0.2, 0.25) is 0 Å². The SMILES string of the molecule is Cc1ccc2c(CC[C@H](C)O)c[nH]c2c1. The van der Waals surface area contributed by atoms with E-state index in [-0.39, 0.29) is 6.10 Å². The first-order chi connectivity index (χ1) is 7.16. The molecule has 0 saturated carbocycles. The molecular formula is C13H17NO. The highest BCUT2D eigenvalue weighted by Crippen LogP contribution is 2.20. The summed E-state index contributed by atoms with van der Waals surface area (Å²) in [4.78, 5) is 3.27. The maximum absolute atomic E-state index is 9.26. The Balaban J connectivity index is 2.29. The summed E-state index contributed by atoms with van der Waals surface area (Å²) >= 11 is 0. The summed E-state index contributed by atoms with van der Waals surface area (Å²) in [6.07, 6.45) is 3.58. The fraction of sp³-hybridized carbons (Fsp3) is 0.385. The lowest BCUT2D eigenvalue weighted by atomic mass is 10.1. The Bertz CT molecular complexity index is 457. The third-order valence-electron chi connectivity index (χ3n) is 2.75. The van der Waals surface area contributed by atoms with Crippen LogP contribution in [-0.2, 0) is 6.42 Å². The summed E-state index contributed by atoms with van der Waals surface area (Å²) in [6, 6.07) is 6.43.